The third kappa shape index (κ3) is 4.15. The number of carbonyl (C=O) groups is 3. The lowest BCUT2D eigenvalue weighted by Gasteiger charge is -2.08. The molecule has 130 valence electrons. The van der Waals surface area contributed by atoms with Gasteiger partial charge in [0.1, 0.15) is 5.69 Å². The Balaban J connectivity index is 1.56. The van der Waals surface area contributed by atoms with Crippen molar-refractivity contribution in [1.29, 1.82) is 0 Å². The largest absolute Gasteiger partial charge is 0.357 e. The highest BCUT2D eigenvalue weighted by Crippen LogP contribution is 2.11. The summed E-state index contributed by atoms with van der Waals surface area (Å²) in [5.74, 6) is -1.15. The van der Waals surface area contributed by atoms with Crippen molar-refractivity contribution in [3.63, 3.8) is 0 Å². The number of benzene rings is 2. The normalized spacial score (nSPS) is 10.0. The third-order valence-electron chi connectivity index (χ3n) is 3.57. The average Bonchev–Trinajstić information content (AvgIpc) is 3.22. The number of anilines is 1. The van der Waals surface area contributed by atoms with Gasteiger partial charge in [0.2, 0.25) is 0 Å². The van der Waals surface area contributed by atoms with Crippen molar-refractivity contribution in [3.05, 3.63) is 89.7 Å². The number of H-pyrrole nitrogens is 1. The van der Waals surface area contributed by atoms with Gasteiger partial charge in [0.15, 0.2) is 0 Å². The first-order valence-electron chi connectivity index (χ1n) is 7.84. The van der Waals surface area contributed by atoms with E-state index in [1.54, 1.807) is 66.9 Å². The molecule has 0 aliphatic heterocycles. The molecule has 1 aromatic heterocycles. The van der Waals surface area contributed by atoms with E-state index in [9.17, 15) is 14.4 Å². The Labute approximate surface area is 149 Å². The lowest BCUT2D eigenvalue weighted by molar-refractivity contribution is 0.0844. The van der Waals surface area contributed by atoms with Gasteiger partial charge in [-0.3, -0.25) is 25.2 Å². The van der Waals surface area contributed by atoms with Crippen molar-refractivity contribution in [2.75, 3.05) is 5.32 Å². The zero-order valence-electron chi connectivity index (χ0n) is 13.7. The molecular formula is C19H16N4O3. The summed E-state index contributed by atoms with van der Waals surface area (Å²) in [5, 5.41) is 2.75. The fourth-order valence-electron chi connectivity index (χ4n) is 2.22. The molecule has 0 saturated carbocycles. The molecule has 3 rings (SSSR count). The monoisotopic (exact) mass is 348 g/mol. The minimum absolute atomic E-state index is 0.235. The first kappa shape index (κ1) is 17.0. The predicted octanol–water partition coefficient (Wildman–Crippen LogP) is 2.34. The van der Waals surface area contributed by atoms with Crippen molar-refractivity contribution < 1.29 is 14.4 Å². The van der Waals surface area contributed by atoms with Gasteiger partial charge >= 0.3 is 0 Å². The highest BCUT2D eigenvalue weighted by atomic mass is 16.2. The van der Waals surface area contributed by atoms with Crippen LogP contribution in [0, 0.1) is 0 Å². The lowest BCUT2D eigenvalue weighted by atomic mass is 10.1. The zero-order valence-corrected chi connectivity index (χ0v) is 13.7. The molecule has 0 bridgehead atoms. The second-order valence-electron chi connectivity index (χ2n) is 5.39. The van der Waals surface area contributed by atoms with Crippen LogP contribution in [0.25, 0.3) is 0 Å². The Morgan fingerprint density at radius 3 is 1.96 bits per heavy atom. The number of amides is 3. The maximum absolute atomic E-state index is 12.1. The van der Waals surface area contributed by atoms with Gasteiger partial charge in [0.05, 0.1) is 0 Å². The van der Waals surface area contributed by atoms with Crippen molar-refractivity contribution in [3.8, 4) is 0 Å². The Morgan fingerprint density at radius 2 is 1.31 bits per heavy atom. The SMILES string of the molecule is O=C(NNC(=O)c1ccc[nH]1)c1ccc(NC(=O)c2ccccc2)cc1. The Bertz CT molecular complexity index is 904. The van der Waals surface area contributed by atoms with E-state index in [1.807, 2.05) is 6.07 Å². The van der Waals surface area contributed by atoms with Crippen LogP contribution in [0.15, 0.2) is 72.9 Å². The van der Waals surface area contributed by atoms with Gasteiger partial charge in [-0.1, -0.05) is 18.2 Å². The molecule has 0 aliphatic rings. The molecule has 0 saturated heterocycles. The van der Waals surface area contributed by atoms with Crippen LogP contribution in [-0.4, -0.2) is 22.7 Å². The summed E-state index contributed by atoms with van der Waals surface area (Å²) >= 11 is 0. The molecule has 3 aromatic rings. The number of hydrogen-bond acceptors (Lipinski definition) is 3. The molecule has 2 aromatic carbocycles. The topological polar surface area (TPSA) is 103 Å². The van der Waals surface area contributed by atoms with E-state index in [0.29, 0.717) is 22.5 Å². The van der Waals surface area contributed by atoms with E-state index < -0.39 is 11.8 Å². The Morgan fingerprint density at radius 1 is 0.654 bits per heavy atom. The number of hydrogen-bond donors (Lipinski definition) is 4. The zero-order chi connectivity index (χ0) is 18.4. The van der Waals surface area contributed by atoms with E-state index in [0.717, 1.165) is 0 Å². The maximum atomic E-state index is 12.1. The Hall–Kier alpha value is -3.87. The van der Waals surface area contributed by atoms with Crippen LogP contribution in [0.1, 0.15) is 31.2 Å². The van der Waals surface area contributed by atoms with Crippen LogP contribution in [0.4, 0.5) is 5.69 Å². The molecule has 0 radical (unpaired) electrons. The first-order valence-corrected chi connectivity index (χ1v) is 7.84. The molecule has 0 unspecified atom stereocenters. The maximum Gasteiger partial charge on any atom is 0.286 e. The summed E-state index contributed by atoms with van der Waals surface area (Å²) in [6, 6.07) is 18.4. The molecule has 7 heteroatoms. The van der Waals surface area contributed by atoms with Gasteiger partial charge in [0.25, 0.3) is 17.7 Å². The van der Waals surface area contributed by atoms with Crippen LogP contribution in [0.5, 0.6) is 0 Å². The molecule has 1 heterocycles. The summed E-state index contributed by atoms with van der Waals surface area (Å²) < 4.78 is 0. The summed E-state index contributed by atoms with van der Waals surface area (Å²) in [7, 11) is 0. The number of aromatic nitrogens is 1. The van der Waals surface area contributed by atoms with Gasteiger partial charge in [-0.2, -0.15) is 0 Å². The third-order valence-corrected chi connectivity index (χ3v) is 3.57. The van der Waals surface area contributed by atoms with E-state index in [4.69, 9.17) is 0 Å². The highest BCUT2D eigenvalue weighted by Gasteiger charge is 2.10. The van der Waals surface area contributed by atoms with Crippen molar-refractivity contribution in [1.82, 2.24) is 15.8 Å². The fraction of sp³-hybridized carbons (Fsp3) is 0. The number of hydrazine groups is 1. The molecule has 4 N–H and O–H groups in total. The van der Waals surface area contributed by atoms with E-state index in [1.165, 1.54) is 0 Å². The highest BCUT2D eigenvalue weighted by molar-refractivity contribution is 6.04. The second-order valence-corrected chi connectivity index (χ2v) is 5.39. The minimum atomic E-state index is -0.467. The van der Waals surface area contributed by atoms with Gasteiger partial charge in [-0.15, -0.1) is 0 Å². The van der Waals surface area contributed by atoms with Gasteiger partial charge < -0.3 is 10.3 Å². The van der Waals surface area contributed by atoms with E-state index in [-0.39, 0.29) is 5.91 Å². The number of rotatable bonds is 4. The number of nitrogens with one attached hydrogen (secondary N) is 4. The van der Waals surface area contributed by atoms with Crippen LogP contribution in [-0.2, 0) is 0 Å². The van der Waals surface area contributed by atoms with E-state index >= 15 is 0 Å². The van der Waals surface area contributed by atoms with E-state index in [2.05, 4.69) is 21.2 Å². The van der Waals surface area contributed by atoms with Crippen LogP contribution < -0.4 is 16.2 Å². The van der Waals surface area contributed by atoms with Gasteiger partial charge in [0, 0.05) is 23.0 Å². The minimum Gasteiger partial charge on any atom is -0.357 e. The molecule has 0 fully saturated rings. The van der Waals surface area contributed by atoms with Crippen molar-refractivity contribution in [2.24, 2.45) is 0 Å². The molecule has 0 aliphatic carbocycles. The molecular weight excluding hydrogens is 332 g/mol. The summed E-state index contributed by atoms with van der Waals surface area (Å²) in [5.41, 5.74) is 6.42. The summed E-state index contributed by atoms with van der Waals surface area (Å²) in [6.07, 6.45) is 1.61. The predicted molar refractivity (Wildman–Crippen MR) is 96.6 cm³/mol. The first-order chi connectivity index (χ1) is 12.6. The van der Waals surface area contributed by atoms with Crippen molar-refractivity contribution >= 4 is 23.4 Å². The smallest absolute Gasteiger partial charge is 0.286 e. The van der Waals surface area contributed by atoms with Crippen molar-refractivity contribution in [2.45, 2.75) is 0 Å². The Kier molecular flexibility index (Phi) is 5.09. The van der Waals surface area contributed by atoms with Crippen LogP contribution in [0.2, 0.25) is 0 Å². The van der Waals surface area contributed by atoms with Crippen LogP contribution >= 0.6 is 0 Å². The molecule has 3 amide bonds. The standard InChI is InChI=1S/C19H16N4O3/c24-17(13-5-2-1-3-6-13)21-15-10-8-14(9-11-15)18(25)22-23-19(26)16-7-4-12-20-16/h1-12,20H,(H,21,24)(H,22,25)(H,23,26). The van der Waals surface area contributed by atoms with Gasteiger partial charge in [-0.05, 0) is 48.5 Å². The van der Waals surface area contributed by atoms with Gasteiger partial charge in [-0.25, -0.2) is 0 Å². The van der Waals surface area contributed by atoms with Crippen LogP contribution in [0.3, 0.4) is 0 Å². The number of carbonyl (C=O) groups excluding carboxylic acids is 3. The average molecular weight is 348 g/mol. The lowest BCUT2D eigenvalue weighted by Crippen LogP contribution is -2.41. The molecule has 7 nitrogen and oxygen atoms in total. The second kappa shape index (κ2) is 7.80. The molecule has 0 atom stereocenters. The fourth-order valence-corrected chi connectivity index (χ4v) is 2.22. The molecule has 0 spiro atoms. The molecule has 26 heavy (non-hydrogen) atoms. The number of aromatic amines is 1. The quantitative estimate of drug-likeness (QED) is 0.544. The summed E-state index contributed by atoms with van der Waals surface area (Å²) in [4.78, 5) is 38.6. The summed E-state index contributed by atoms with van der Waals surface area (Å²) in [6.45, 7) is 0.